The maximum atomic E-state index is 10.2. The van der Waals surface area contributed by atoms with Crippen LogP contribution in [0.1, 0.15) is 159 Å². The minimum absolute atomic E-state index is 0.0805. The summed E-state index contributed by atoms with van der Waals surface area (Å²) < 4.78 is 0. The molecule has 2 rings (SSSR count). The Kier molecular flexibility index (Phi) is 15.6. The summed E-state index contributed by atoms with van der Waals surface area (Å²) in [4.78, 5) is 0. The third-order valence-electron chi connectivity index (χ3n) is 11.0. The fourth-order valence-electron chi connectivity index (χ4n) is 8.42. The summed E-state index contributed by atoms with van der Waals surface area (Å²) in [6.07, 6.45) is 26.6. The Morgan fingerprint density at radius 1 is 0.738 bits per heavy atom. The van der Waals surface area contributed by atoms with E-state index in [-0.39, 0.29) is 23.0 Å². The molecule has 8 atom stereocenters. The lowest BCUT2D eigenvalue weighted by molar-refractivity contribution is 0.00755. The van der Waals surface area contributed by atoms with E-state index in [9.17, 15) is 10.2 Å². The molecular weight excluding hydrogens is 512 g/mol. The van der Waals surface area contributed by atoms with Crippen LogP contribution in [-0.4, -0.2) is 22.4 Å². The highest BCUT2D eigenvalue weighted by Gasteiger charge is 2.39. The minimum Gasteiger partial charge on any atom is -0.393 e. The molecule has 0 aromatic carbocycles. The Bertz CT molecular complexity index is 861. The zero-order valence-electron chi connectivity index (χ0n) is 29.7. The molecule has 0 bridgehead atoms. The second kappa shape index (κ2) is 17.6. The van der Waals surface area contributed by atoms with Crippen molar-refractivity contribution < 1.29 is 10.2 Å². The zero-order valence-corrected chi connectivity index (χ0v) is 29.7. The Labute approximate surface area is 262 Å². The molecule has 2 aliphatic rings. The quantitative estimate of drug-likeness (QED) is 0.132. The lowest BCUT2D eigenvalue weighted by atomic mass is 9.63. The van der Waals surface area contributed by atoms with Crippen molar-refractivity contribution in [3.8, 4) is 0 Å². The summed E-state index contributed by atoms with van der Waals surface area (Å²) in [5.41, 5.74) is 3.09. The van der Waals surface area contributed by atoms with E-state index < -0.39 is 0 Å². The largest absolute Gasteiger partial charge is 0.393 e. The van der Waals surface area contributed by atoms with Gasteiger partial charge in [-0.3, -0.25) is 0 Å². The number of rotatable bonds is 17. The van der Waals surface area contributed by atoms with E-state index in [1.807, 2.05) is 0 Å². The first kappa shape index (κ1) is 37.3. The monoisotopic (exact) mass is 585 g/mol. The van der Waals surface area contributed by atoms with Gasteiger partial charge in [0.2, 0.25) is 0 Å². The van der Waals surface area contributed by atoms with Crippen molar-refractivity contribution >= 4 is 0 Å². The maximum absolute atomic E-state index is 10.2. The van der Waals surface area contributed by atoms with Crippen LogP contribution in [0.2, 0.25) is 0 Å². The molecule has 1 fully saturated rings. The minimum atomic E-state index is -0.179. The van der Waals surface area contributed by atoms with Crippen molar-refractivity contribution in [3.63, 3.8) is 0 Å². The molecule has 2 N–H and O–H groups in total. The van der Waals surface area contributed by atoms with Gasteiger partial charge in [0.25, 0.3) is 0 Å². The van der Waals surface area contributed by atoms with Gasteiger partial charge in [-0.2, -0.15) is 0 Å². The number of hydrogen-bond donors (Lipinski definition) is 2. The Hall–Kier alpha value is -0.860. The molecule has 0 heterocycles. The molecule has 0 spiro atoms. The number of unbranched alkanes of at least 4 members (excludes halogenated alkanes) is 1. The standard InChI is InChI=1S/C40H72O2/c1-29(17-13-19-31(3)21-23-37-33(5)25-35(41)27-39(37,7)8)15-11-12-16-30(2)18-14-20-32(4)22-24-38-34(6)26-36(42)28-40(38,9)10/h21-24,29-33,35-37,41-42H,11-20,25-28H2,1-10H3/b23-21+,24-22+/t29-,30-,31+,32+,33-,35+,36+,37+/m0/s1. The third-order valence-corrected chi connectivity index (χ3v) is 11.0. The normalized spacial score (nSPS) is 29.2. The van der Waals surface area contributed by atoms with Crippen LogP contribution in [0.15, 0.2) is 35.5 Å². The topological polar surface area (TPSA) is 40.5 Å². The van der Waals surface area contributed by atoms with Gasteiger partial charge in [-0.05, 0) is 97.4 Å². The summed E-state index contributed by atoms with van der Waals surface area (Å²) >= 11 is 0. The number of hydrogen-bond acceptors (Lipinski definition) is 2. The lowest BCUT2D eigenvalue weighted by Gasteiger charge is -2.43. The summed E-state index contributed by atoms with van der Waals surface area (Å²) in [5.74, 6) is 4.12. The SMILES string of the molecule is CC1=C(/C=C/[C@H](C)CCC[C@@H](C)CCCC[C@H](C)CCC[C@@H](C)/C=C/[C@@H]2[C@@H](C)C[C@@H](O)CC2(C)C)C(C)(C)C[C@H](O)C1. The molecule has 2 nitrogen and oxygen atoms in total. The molecule has 0 unspecified atom stereocenters. The molecule has 2 heteroatoms. The second-order valence-corrected chi connectivity index (χ2v) is 16.8. The van der Waals surface area contributed by atoms with E-state index in [4.69, 9.17) is 0 Å². The first-order chi connectivity index (χ1) is 19.6. The van der Waals surface area contributed by atoms with E-state index in [1.54, 1.807) is 0 Å². The lowest BCUT2D eigenvalue weighted by Crippen LogP contribution is -2.38. The molecule has 244 valence electrons. The number of allylic oxidation sites excluding steroid dienone is 5. The predicted molar refractivity (Wildman–Crippen MR) is 185 cm³/mol. The van der Waals surface area contributed by atoms with Gasteiger partial charge < -0.3 is 10.2 Å². The summed E-state index contributed by atoms with van der Waals surface area (Å²) in [5, 5.41) is 20.3. The molecule has 0 aliphatic heterocycles. The van der Waals surface area contributed by atoms with Gasteiger partial charge in [0.05, 0.1) is 12.2 Å². The summed E-state index contributed by atoms with van der Waals surface area (Å²) in [7, 11) is 0. The van der Waals surface area contributed by atoms with E-state index in [0.29, 0.717) is 23.7 Å². The van der Waals surface area contributed by atoms with Gasteiger partial charge in [-0.1, -0.05) is 144 Å². The van der Waals surface area contributed by atoms with Crippen LogP contribution in [0.25, 0.3) is 0 Å². The predicted octanol–water partition coefficient (Wildman–Crippen LogP) is 11.5. The average Bonchev–Trinajstić information content (AvgIpc) is 2.84. The van der Waals surface area contributed by atoms with Crippen LogP contribution in [0.4, 0.5) is 0 Å². The van der Waals surface area contributed by atoms with E-state index in [1.165, 1.54) is 75.4 Å². The van der Waals surface area contributed by atoms with Crippen molar-refractivity contribution in [2.75, 3.05) is 0 Å². The van der Waals surface area contributed by atoms with Crippen molar-refractivity contribution in [3.05, 3.63) is 35.5 Å². The second-order valence-electron chi connectivity index (χ2n) is 16.8. The smallest absolute Gasteiger partial charge is 0.0585 e. The van der Waals surface area contributed by atoms with Gasteiger partial charge in [-0.15, -0.1) is 0 Å². The zero-order chi connectivity index (χ0) is 31.5. The van der Waals surface area contributed by atoms with Gasteiger partial charge in [-0.25, -0.2) is 0 Å². The van der Waals surface area contributed by atoms with Gasteiger partial charge >= 0.3 is 0 Å². The number of aliphatic hydroxyl groups excluding tert-OH is 2. The van der Waals surface area contributed by atoms with Crippen molar-refractivity contribution in [2.45, 2.75) is 171 Å². The van der Waals surface area contributed by atoms with Crippen molar-refractivity contribution in [1.82, 2.24) is 0 Å². The molecule has 0 radical (unpaired) electrons. The maximum Gasteiger partial charge on any atom is 0.0585 e. The molecule has 0 saturated heterocycles. The highest BCUT2D eigenvalue weighted by molar-refractivity contribution is 5.33. The van der Waals surface area contributed by atoms with Crippen LogP contribution in [0.5, 0.6) is 0 Å². The first-order valence-electron chi connectivity index (χ1n) is 18.0. The number of aliphatic hydroxyl groups is 2. The van der Waals surface area contributed by atoms with Crippen molar-refractivity contribution in [1.29, 1.82) is 0 Å². The first-order valence-corrected chi connectivity index (χ1v) is 18.0. The van der Waals surface area contributed by atoms with Gasteiger partial charge in [0.15, 0.2) is 0 Å². The Morgan fingerprint density at radius 3 is 1.79 bits per heavy atom. The molecule has 0 amide bonds. The van der Waals surface area contributed by atoms with Gasteiger partial charge in [0.1, 0.15) is 0 Å². The van der Waals surface area contributed by atoms with Crippen LogP contribution in [0.3, 0.4) is 0 Å². The van der Waals surface area contributed by atoms with Crippen molar-refractivity contribution in [2.24, 2.45) is 46.3 Å². The fraction of sp³-hybridized carbons (Fsp3) is 0.850. The molecule has 42 heavy (non-hydrogen) atoms. The molecule has 0 aromatic heterocycles. The fourth-order valence-corrected chi connectivity index (χ4v) is 8.42. The summed E-state index contributed by atoms with van der Waals surface area (Å²) in [6.45, 7) is 23.4. The van der Waals surface area contributed by atoms with E-state index >= 15 is 0 Å². The van der Waals surface area contributed by atoms with Crippen LogP contribution in [0, 0.1) is 46.3 Å². The Morgan fingerprint density at radius 2 is 1.26 bits per heavy atom. The average molecular weight is 585 g/mol. The van der Waals surface area contributed by atoms with Crippen LogP contribution < -0.4 is 0 Å². The highest BCUT2D eigenvalue weighted by Crippen LogP contribution is 2.45. The summed E-state index contributed by atoms with van der Waals surface area (Å²) in [6, 6.07) is 0. The molecular formula is C40H72O2. The van der Waals surface area contributed by atoms with E-state index in [0.717, 1.165) is 37.5 Å². The molecule has 0 aromatic rings. The highest BCUT2D eigenvalue weighted by atomic mass is 16.3. The van der Waals surface area contributed by atoms with Crippen LogP contribution >= 0.6 is 0 Å². The molecule has 1 saturated carbocycles. The third kappa shape index (κ3) is 13.0. The van der Waals surface area contributed by atoms with Crippen LogP contribution in [-0.2, 0) is 0 Å². The van der Waals surface area contributed by atoms with Gasteiger partial charge in [0, 0.05) is 0 Å². The van der Waals surface area contributed by atoms with E-state index in [2.05, 4.69) is 93.5 Å². The Balaban J connectivity index is 1.55. The molecule has 2 aliphatic carbocycles.